The van der Waals surface area contributed by atoms with Crippen molar-refractivity contribution in [3.8, 4) is 0 Å². The Bertz CT molecular complexity index is 913. The number of alkyl halides is 3. The fourth-order valence-corrected chi connectivity index (χ4v) is 9.12. The van der Waals surface area contributed by atoms with Crippen LogP contribution < -0.4 is 5.11 Å². The molecule has 5 aliphatic rings. The summed E-state index contributed by atoms with van der Waals surface area (Å²) < 4.78 is 65.3. The van der Waals surface area contributed by atoms with Gasteiger partial charge in [0.05, 0.1) is 0 Å². The van der Waals surface area contributed by atoms with Gasteiger partial charge in [0.15, 0.2) is 0 Å². The SMILES string of the molecule is O=C([O-])C12CCCC1C1CCC3C4CC=C(OS(=O)(=O)C(F)(F)F)CC4CCC3C1CC2. The van der Waals surface area contributed by atoms with Gasteiger partial charge in [0.1, 0.15) is 5.76 Å². The van der Waals surface area contributed by atoms with Crippen molar-refractivity contribution in [2.75, 3.05) is 0 Å². The van der Waals surface area contributed by atoms with E-state index in [0.717, 1.165) is 51.4 Å². The Kier molecular flexibility index (Phi) is 5.38. The van der Waals surface area contributed by atoms with Gasteiger partial charge in [-0.2, -0.15) is 21.6 Å². The molecule has 0 aromatic heterocycles. The van der Waals surface area contributed by atoms with Crippen LogP contribution in [0, 0.1) is 46.8 Å². The van der Waals surface area contributed by atoms with E-state index >= 15 is 0 Å². The summed E-state index contributed by atoms with van der Waals surface area (Å²) >= 11 is 0. The lowest BCUT2D eigenvalue weighted by Crippen LogP contribution is -2.55. The minimum Gasteiger partial charge on any atom is -0.550 e. The van der Waals surface area contributed by atoms with Gasteiger partial charge in [0.2, 0.25) is 0 Å². The number of hydrogen-bond acceptors (Lipinski definition) is 5. The Labute approximate surface area is 186 Å². The van der Waals surface area contributed by atoms with Crippen LogP contribution in [0.25, 0.3) is 0 Å². The molecule has 0 N–H and O–H groups in total. The quantitative estimate of drug-likeness (QED) is 0.452. The summed E-state index contributed by atoms with van der Waals surface area (Å²) in [7, 11) is -5.62. The maximum absolute atomic E-state index is 12.7. The minimum absolute atomic E-state index is 0.0712. The summed E-state index contributed by atoms with van der Waals surface area (Å²) in [5.41, 5.74) is -6.04. The van der Waals surface area contributed by atoms with Crippen LogP contribution in [0.5, 0.6) is 0 Å². The zero-order valence-electron chi connectivity index (χ0n) is 18.0. The molecule has 0 aromatic rings. The Balaban J connectivity index is 1.31. The molecule has 180 valence electrons. The van der Waals surface area contributed by atoms with Crippen molar-refractivity contribution in [1.82, 2.24) is 0 Å². The van der Waals surface area contributed by atoms with Crippen molar-refractivity contribution >= 4 is 16.1 Å². The smallest absolute Gasteiger partial charge is 0.534 e. The number of carbonyl (C=O) groups excluding carboxylic acids is 1. The first-order chi connectivity index (χ1) is 15.0. The highest BCUT2D eigenvalue weighted by molar-refractivity contribution is 7.87. The van der Waals surface area contributed by atoms with E-state index in [1.165, 1.54) is 0 Å². The van der Waals surface area contributed by atoms with Crippen LogP contribution in [0.3, 0.4) is 0 Å². The lowest BCUT2D eigenvalue weighted by molar-refractivity contribution is -0.325. The molecular weight excluding hydrogens is 445 g/mol. The van der Waals surface area contributed by atoms with E-state index < -0.39 is 27.0 Å². The average Bonchev–Trinajstić information content (AvgIpc) is 3.18. The lowest BCUT2D eigenvalue weighted by Gasteiger charge is -2.58. The molecule has 32 heavy (non-hydrogen) atoms. The van der Waals surface area contributed by atoms with Gasteiger partial charge in [-0.15, -0.1) is 0 Å². The van der Waals surface area contributed by atoms with Crippen LogP contribution in [0.4, 0.5) is 13.2 Å². The number of fused-ring (bicyclic) bond motifs is 7. The largest absolute Gasteiger partial charge is 0.550 e. The van der Waals surface area contributed by atoms with Gasteiger partial charge in [0.25, 0.3) is 0 Å². The summed E-state index contributed by atoms with van der Waals surface area (Å²) in [5.74, 6) is 1.76. The maximum atomic E-state index is 12.7. The number of carbonyl (C=O) groups is 1. The zero-order chi connectivity index (χ0) is 22.9. The van der Waals surface area contributed by atoms with Crippen LogP contribution in [0.15, 0.2) is 11.8 Å². The van der Waals surface area contributed by atoms with Gasteiger partial charge < -0.3 is 14.1 Å². The first kappa shape index (κ1) is 22.5. The molecule has 5 rings (SSSR count). The number of hydrogen-bond donors (Lipinski definition) is 0. The molecule has 0 amide bonds. The van der Waals surface area contributed by atoms with Crippen LogP contribution in [-0.4, -0.2) is 19.9 Å². The molecule has 0 saturated heterocycles. The third kappa shape index (κ3) is 3.40. The molecule has 0 aromatic carbocycles. The van der Waals surface area contributed by atoms with Crippen LogP contribution in [0.1, 0.15) is 70.6 Å². The van der Waals surface area contributed by atoms with E-state index in [9.17, 15) is 31.5 Å². The predicted octanol–water partition coefficient (Wildman–Crippen LogP) is 4.15. The van der Waals surface area contributed by atoms with Crippen molar-refractivity contribution in [2.24, 2.45) is 46.8 Å². The standard InChI is InChI=1S/C23H31F3O5S/c24-23(25,26)32(29,30)31-14-4-6-15-13(12-14)3-5-17-16(15)7-8-19-18(17)9-11-22(21(27)28)10-1-2-20(19)22/h4,13,15-20H,1-3,5-12H2,(H,27,28)/p-1. The third-order valence-corrected chi connectivity index (χ3v) is 10.8. The number of allylic oxidation sites excluding steroid dienone is 2. The second-order valence-corrected chi connectivity index (χ2v) is 12.3. The summed E-state index contributed by atoms with van der Waals surface area (Å²) in [6.45, 7) is 0. The highest BCUT2D eigenvalue weighted by atomic mass is 32.2. The van der Waals surface area contributed by atoms with Crippen LogP contribution in [0.2, 0.25) is 0 Å². The third-order valence-electron chi connectivity index (χ3n) is 9.79. The zero-order valence-corrected chi connectivity index (χ0v) is 18.8. The normalized spacial score (nSPS) is 43.8. The van der Waals surface area contributed by atoms with Crippen molar-refractivity contribution < 1.29 is 35.7 Å². The summed E-state index contributed by atoms with van der Waals surface area (Å²) in [5, 5.41) is 12.1. The molecule has 5 aliphatic carbocycles. The molecule has 8 unspecified atom stereocenters. The van der Waals surface area contributed by atoms with Crippen LogP contribution in [-0.2, 0) is 19.1 Å². The fraction of sp³-hybridized carbons (Fsp3) is 0.870. The second-order valence-electron chi connectivity index (χ2n) is 10.8. The van der Waals surface area contributed by atoms with Gasteiger partial charge in [-0.3, -0.25) is 0 Å². The van der Waals surface area contributed by atoms with Crippen LogP contribution >= 0.6 is 0 Å². The molecule has 8 atom stereocenters. The van der Waals surface area contributed by atoms with Crippen molar-refractivity contribution in [1.29, 1.82) is 0 Å². The average molecular weight is 476 g/mol. The molecule has 0 aliphatic heterocycles. The van der Waals surface area contributed by atoms with E-state index in [1.54, 1.807) is 6.08 Å². The van der Waals surface area contributed by atoms with Gasteiger partial charge >= 0.3 is 15.6 Å². The molecule has 5 nitrogen and oxygen atoms in total. The molecule has 4 fully saturated rings. The minimum atomic E-state index is -5.62. The highest BCUT2D eigenvalue weighted by Crippen LogP contribution is 2.64. The highest BCUT2D eigenvalue weighted by Gasteiger charge is 2.57. The van der Waals surface area contributed by atoms with Gasteiger partial charge in [-0.1, -0.05) is 6.42 Å². The predicted molar refractivity (Wildman–Crippen MR) is 107 cm³/mol. The number of carboxylic acid groups (broad SMARTS) is 1. The Hall–Kier alpha value is -1.25. The summed E-state index contributed by atoms with van der Waals surface area (Å²) in [6, 6.07) is 0. The van der Waals surface area contributed by atoms with Crippen molar-refractivity contribution in [3.63, 3.8) is 0 Å². The van der Waals surface area contributed by atoms with Crippen molar-refractivity contribution in [2.45, 2.75) is 76.1 Å². The fourth-order valence-electron chi connectivity index (χ4n) is 8.60. The number of rotatable bonds is 3. The summed E-state index contributed by atoms with van der Waals surface area (Å²) in [6.07, 6.45) is 10.6. The molecule has 0 spiro atoms. The van der Waals surface area contributed by atoms with E-state index in [2.05, 4.69) is 4.18 Å². The molecule has 9 heteroatoms. The second kappa shape index (κ2) is 7.64. The molecule has 0 bridgehead atoms. The number of carboxylic acids is 1. The Morgan fingerprint density at radius 2 is 1.62 bits per heavy atom. The monoisotopic (exact) mass is 475 g/mol. The van der Waals surface area contributed by atoms with E-state index in [4.69, 9.17) is 0 Å². The first-order valence-electron chi connectivity index (χ1n) is 11.9. The van der Waals surface area contributed by atoms with E-state index in [1.807, 2.05) is 0 Å². The Morgan fingerprint density at radius 1 is 0.969 bits per heavy atom. The summed E-state index contributed by atoms with van der Waals surface area (Å²) in [4.78, 5) is 12.1. The molecule has 4 saturated carbocycles. The van der Waals surface area contributed by atoms with Gasteiger partial charge in [-0.05, 0) is 105 Å². The number of halogens is 3. The Morgan fingerprint density at radius 3 is 2.34 bits per heavy atom. The molecule has 0 heterocycles. The van der Waals surface area contributed by atoms with Gasteiger partial charge in [-0.25, -0.2) is 0 Å². The first-order valence-corrected chi connectivity index (χ1v) is 13.4. The molecular formula is C23H30F3O5S-. The topological polar surface area (TPSA) is 83.5 Å². The lowest BCUT2D eigenvalue weighted by atomic mass is 9.47. The maximum Gasteiger partial charge on any atom is 0.534 e. The van der Waals surface area contributed by atoms with Crippen molar-refractivity contribution in [3.05, 3.63) is 11.8 Å². The van der Waals surface area contributed by atoms with E-state index in [0.29, 0.717) is 42.4 Å². The number of aliphatic carboxylic acids is 1. The van der Waals surface area contributed by atoms with E-state index in [-0.39, 0.29) is 24.0 Å². The molecule has 0 radical (unpaired) electrons. The van der Waals surface area contributed by atoms with Gasteiger partial charge in [0, 0.05) is 17.8 Å².